The molecule has 1 aromatic heterocycles. The topological polar surface area (TPSA) is 25.2 Å². The van der Waals surface area contributed by atoms with Gasteiger partial charge in [0, 0.05) is 18.4 Å². The SMILES string of the molecule is CCc1cc(-c2ccc(O)cc2)n(CC)c1. The highest BCUT2D eigenvalue weighted by atomic mass is 16.3. The highest BCUT2D eigenvalue weighted by Crippen LogP contribution is 2.24. The minimum absolute atomic E-state index is 0.314. The van der Waals surface area contributed by atoms with E-state index in [-0.39, 0.29) is 0 Å². The standard InChI is InChI=1S/C14H17NO/c1-3-11-9-14(15(4-2)10-11)12-5-7-13(16)8-6-12/h5-10,16H,3-4H2,1-2H3. The van der Waals surface area contributed by atoms with E-state index < -0.39 is 0 Å². The lowest BCUT2D eigenvalue weighted by atomic mass is 10.1. The molecule has 0 saturated heterocycles. The van der Waals surface area contributed by atoms with E-state index >= 15 is 0 Å². The van der Waals surface area contributed by atoms with Crippen molar-refractivity contribution in [1.82, 2.24) is 4.57 Å². The number of rotatable bonds is 3. The normalized spacial score (nSPS) is 10.6. The van der Waals surface area contributed by atoms with Crippen molar-refractivity contribution < 1.29 is 5.11 Å². The molecule has 0 unspecified atom stereocenters. The lowest BCUT2D eigenvalue weighted by Crippen LogP contribution is -1.94. The molecule has 2 nitrogen and oxygen atoms in total. The van der Waals surface area contributed by atoms with Crippen LogP contribution in [0.15, 0.2) is 36.5 Å². The predicted molar refractivity (Wildman–Crippen MR) is 66.6 cm³/mol. The fourth-order valence-corrected chi connectivity index (χ4v) is 1.90. The first-order valence-electron chi connectivity index (χ1n) is 5.73. The van der Waals surface area contributed by atoms with E-state index in [9.17, 15) is 5.11 Å². The van der Waals surface area contributed by atoms with Crippen LogP contribution >= 0.6 is 0 Å². The Hall–Kier alpha value is -1.70. The fraction of sp³-hybridized carbons (Fsp3) is 0.286. The van der Waals surface area contributed by atoms with Gasteiger partial charge in [-0.1, -0.05) is 6.92 Å². The van der Waals surface area contributed by atoms with Gasteiger partial charge in [0.1, 0.15) is 5.75 Å². The van der Waals surface area contributed by atoms with Crippen molar-refractivity contribution in [3.05, 3.63) is 42.1 Å². The zero-order chi connectivity index (χ0) is 11.5. The molecule has 2 aromatic rings. The molecule has 1 aromatic carbocycles. The molecule has 0 saturated carbocycles. The van der Waals surface area contributed by atoms with E-state index in [4.69, 9.17) is 0 Å². The molecule has 0 atom stereocenters. The van der Waals surface area contributed by atoms with Crippen LogP contribution < -0.4 is 0 Å². The number of phenolic OH excluding ortho intramolecular Hbond substituents is 1. The quantitative estimate of drug-likeness (QED) is 0.833. The molecule has 84 valence electrons. The number of nitrogens with zero attached hydrogens (tertiary/aromatic N) is 1. The second-order valence-electron chi connectivity index (χ2n) is 3.92. The highest BCUT2D eigenvalue weighted by Gasteiger charge is 2.05. The van der Waals surface area contributed by atoms with Crippen LogP contribution in [0.4, 0.5) is 0 Å². The maximum Gasteiger partial charge on any atom is 0.115 e. The Balaban J connectivity index is 2.45. The maximum absolute atomic E-state index is 9.27. The summed E-state index contributed by atoms with van der Waals surface area (Å²) in [5.41, 5.74) is 3.73. The molecule has 2 rings (SSSR count). The summed E-state index contributed by atoms with van der Waals surface area (Å²) < 4.78 is 2.24. The molecular formula is C14H17NO. The lowest BCUT2D eigenvalue weighted by molar-refractivity contribution is 0.475. The summed E-state index contributed by atoms with van der Waals surface area (Å²) in [5.74, 6) is 0.314. The van der Waals surface area contributed by atoms with E-state index in [0.717, 1.165) is 18.5 Å². The molecular weight excluding hydrogens is 198 g/mol. The van der Waals surface area contributed by atoms with Gasteiger partial charge in [-0.15, -0.1) is 0 Å². The largest absolute Gasteiger partial charge is 0.508 e. The fourth-order valence-electron chi connectivity index (χ4n) is 1.90. The monoisotopic (exact) mass is 215 g/mol. The van der Waals surface area contributed by atoms with E-state index in [1.54, 1.807) is 12.1 Å². The van der Waals surface area contributed by atoms with Crippen LogP contribution in [0.5, 0.6) is 5.75 Å². The Labute approximate surface area is 96.2 Å². The number of hydrogen-bond acceptors (Lipinski definition) is 1. The predicted octanol–water partition coefficient (Wildman–Crippen LogP) is 3.44. The van der Waals surface area contributed by atoms with Gasteiger partial charge in [0.15, 0.2) is 0 Å². The number of benzene rings is 1. The third-order valence-electron chi connectivity index (χ3n) is 2.87. The molecule has 0 fully saturated rings. The van der Waals surface area contributed by atoms with Crippen molar-refractivity contribution in [2.45, 2.75) is 26.8 Å². The molecule has 0 spiro atoms. The van der Waals surface area contributed by atoms with E-state index in [1.807, 2.05) is 12.1 Å². The highest BCUT2D eigenvalue weighted by molar-refractivity contribution is 5.62. The van der Waals surface area contributed by atoms with Gasteiger partial charge < -0.3 is 9.67 Å². The zero-order valence-corrected chi connectivity index (χ0v) is 9.77. The van der Waals surface area contributed by atoms with Crippen LogP contribution in [0.2, 0.25) is 0 Å². The Kier molecular flexibility index (Phi) is 3.00. The van der Waals surface area contributed by atoms with Gasteiger partial charge in [-0.25, -0.2) is 0 Å². The summed E-state index contributed by atoms with van der Waals surface area (Å²) in [6.07, 6.45) is 3.25. The molecule has 0 aliphatic carbocycles. The second kappa shape index (κ2) is 4.44. The van der Waals surface area contributed by atoms with Crippen molar-refractivity contribution in [3.63, 3.8) is 0 Å². The number of aromatic hydroxyl groups is 1. The van der Waals surface area contributed by atoms with Crippen LogP contribution in [0.25, 0.3) is 11.3 Å². The first kappa shape index (κ1) is 10.8. The third-order valence-corrected chi connectivity index (χ3v) is 2.87. The molecule has 2 heteroatoms. The number of aromatic nitrogens is 1. The van der Waals surface area contributed by atoms with Gasteiger partial charge >= 0.3 is 0 Å². The molecule has 1 heterocycles. The van der Waals surface area contributed by atoms with Crippen LogP contribution in [0, 0.1) is 0 Å². The van der Waals surface area contributed by atoms with E-state index in [0.29, 0.717) is 5.75 Å². The average Bonchev–Trinajstić information content (AvgIpc) is 2.73. The Morgan fingerprint density at radius 2 is 1.81 bits per heavy atom. The maximum atomic E-state index is 9.27. The van der Waals surface area contributed by atoms with Crippen LogP contribution in [-0.2, 0) is 13.0 Å². The summed E-state index contributed by atoms with van der Waals surface area (Å²) in [6.45, 7) is 5.27. The molecule has 0 radical (unpaired) electrons. The molecule has 0 bridgehead atoms. The van der Waals surface area contributed by atoms with Gasteiger partial charge in [-0.2, -0.15) is 0 Å². The molecule has 0 amide bonds. The Morgan fingerprint density at radius 3 is 2.38 bits per heavy atom. The van der Waals surface area contributed by atoms with Gasteiger partial charge in [0.25, 0.3) is 0 Å². The minimum atomic E-state index is 0.314. The van der Waals surface area contributed by atoms with E-state index in [1.165, 1.54) is 11.3 Å². The average molecular weight is 215 g/mol. The van der Waals surface area contributed by atoms with Crippen molar-refractivity contribution >= 4 is 0 Å². The van der Waals surface area contributed by atoms with Crippen molar-refractivity contribution in [1.29, 1.82) is 0 Å². The van der Waals surface area contributed by atoms with Crippen LogP contribution in [-0.4, -0.2) is 9.67 Å². The van der Waals surface area contributed by atoms with Gasteiger partial charge in [-0.3, -0.25) is 0 Å². The summed E-state index contributed by atoms with van der Waals surface area (Å²) in [7, 11) is 0. The summed E-state index contributed by atoms with van der Waals surface area (Å²) in [5, 5.41) is 9.27. The summed E-state index contributed by atoms with van der Waals surface area (Å²) in [4.78, 5) is 0. The first-order valence-corrected chi connectivity index (χ1v) is 5.73. The molecule has 0 aliphatic rings. The van der Waals surface area contributed by atoms with E-state index in [2.05, 4.69) is 30.7 Å². The van der Waals surface area contributed by atoms with Crippen molar-refractivity contribution in [2.24, 2.45) is 0 Å². The van der Waals surface area contributed by atoms with Crippen molar-refractivity contribution in [2.75, 3.05) is 0 Å². The smallest absolute Gasteiger partial charge is 0.115 e. The third kappa shape index (κ3) is 1.96. The van der Waals surface area contributed by atoms with Gasteiger partial charge in [0.05, 0.1) is 0 Å². The minimum Gasteiger partial charge on any atom is -0.508 e. The van der Waals surface area contributed by atoms with Crippen molar-refractivity contribution in [3.8, 4) is 17.0 Å². The zero-order valence-electron chi connectivity index (χ0n) is 9.77. The van der Waals surface area contributed by atoms with Gasteiger partial charge in [-0.05, 0) is 54.8 Å². The first-order chi connectivity index (χ1) is 7.74. The molecule has 0 aliphatic heterocycles. The number of phenols is 1. The second-order valence-corrected chi connectivity index (χ2v) is 3.92. The number of hydrogen-bond donors (Lipinski definition) is 1. The van der Waals surface area contributed by atoms with Gasteiger partial charge in [0.2, 0.25) is 0 Å². The lowest BCUT2D eigenvalue weighted by Gasteiger charge is -2.06. The number of aryl methyl sites for hydroxylation is 2. The van der Waals surface area contributed by atoms with Crippen LogP contribution in [0.1, 0.15) is 19.4 Å². The summed E-state index contributed by atoms with van der Waals surface area (Å²) in [6, 6.07) is 9.59. The molecule has 16 heavy (non-hydrogen) atoms. The molecule has 1 N–H and O–H groups in total. The Morgan fingerprint density at radius 1 is 1.12 bits per heavy atom. The summed E-state index contributed by atoms with van der Waals surface area (Å²) >= 11 is 0. The Bertz CT molecular complexity index is 468. The van der Waals surface area contributed by atoms with Crippen LogP contribution in [0.3, 0.4) is 0 Å².